The molecule has 2 aliphatic heterocycles. The quantitative estimate of drug-likeness (QED) is 0.506. The van der Waals surface area contributed by atoms with Crippen molar-refractivity contribution in [3.8, 4) is 0 Å². The monoisotopic (exact) mass is 370 g/mol. The Morgan fingerprint density at radius 2 is 1.93 bits per heavy atom. The number of fused-ring (bicyclic) bond motifs is 2. The molecule has 0 bridgehead atoms. The SMILES string of the molecule is CO.O=C/C=C/c1ccc2cc(C(=O)OC3COC4CCOC43)ccc2c1. The highest BCUT2D eigenvalue weighted by Gasteiger charge is 2.44. The van der Waals surface area contributed by atoms with Crippen molar-refractivity contribution in [1.82, 2.24) is 0 Å². The van der Waals surface area contributed by atoms with Crippen LogP contribution >= 0.6 is 0 Å². The largest absolute Gasteiger partial charge is 0.453 e. The molecule has 3 unspecified atom stereocenters. The van der Waals surface area contributed by atoms with E-state index in [4.69, 9.17) is 19.3 Å². The zero-order valence-corrected chi connectivity index (χ0v) is 15.0. The highest BCUT2D eigenvalue weighted by atomic mass is 16.6. The Kier molecular flexibility index (Phi) is 6.34. The second-order valence-electron chi connectivity index (χ2n) is 6.26. The Morgan fingerprint density at radius 1 is 1.15 bits per heavy atom. The van der Waals surface area contributed by atoms with Crippen molar-refractivity contribution in [2.45, 2.75) is 24.7 Å². The molecule has 142 valence electrons. The van der Waals surface area contributed by atoms with Gasteiger partial charge in [-0.15, -0.1) is 0 Å². The zero-order chi connectivity index (χ0) is 19.2. The number of allylic oxidation sites excluding steroid dienone is 1. The van der Waals surface area contributed by atoms with Crippen LogP contribution < -0.4 is 0 Å². The van der Waals surface area contributed by atoms with E-state index < -0.39 is 0 Å². The van der Waals surface area contributed by atoms with Crippen LogP contribution in [0.1, 0.15) is 22.3 Å². The standard InChI is InChI=1S/C20H18O5.CH4O/c21-8-1-2-13-3-4-15-11-16(6-5-14(15)10-13)20(22)25-18-12-24-17-7-9-23-19(17)18;1-2/h1-6,8,10-11,17-19H,7,9,12H2;2H,1H3/b2-1+;. The van der Waals surface area contributed by atoms with Gasteiger partial charge in [-0.1, -0.05) is 24.3 Å². The lowest BCUT2D eigenvalue weighted by atomic mass is 10.0. The predicted octanol–water partition coefficient (Wildman–Crippen LogP) is 2.37. The number of rotatable bonds is 4. The van der Waals surface area contributed by atoms with Gasteiger partial charge in [-0.3, -0.25) is 4.79 Å². The second kappa shape index (κ2) is 8.90. The molecule has 2 aromatic rings. The first-order chi connectivity index (χ1) is 13.2. The maximum atomic E-state index is 12.5. The van der Waals surface area contributed by atoms with Crippen LogP contribution in [-0.2, 0) is 19.0 Å². The van der Waals surface area contributed by atoms with E-state index in [1.54, 1.807) is 12.1 Å². The average Bonchev–Trinajstić information content (AvgIpc) is 3.32. The molecule has 6 heteroatoms. The Balaban J connectivity index is 0.00000102. The highest BCUT2D eigenvalue weighted by Crippen LogP contribution is 2.29. The van der Waals surface area contributed by atoms with E-state index in [-0.39, 0.29) is 24.3 Å². The lowest BCUT2D eigenvalue weighted by Gasteiger charge is -2.16. The van der Waals surface area contributed by atoms with E-state index in [0.29, 0.717) is 18.8 Å². The summed E-state index contributed by atoms with van der Waals surface area (Å²) in [4.78, 5) is 22.9. The van der Waals surface area contributed by atoms with Gasteiger partial charge in [0.1, 0.15) is 12.4 Å². The van der Waals surface area contributed by atoms with Crippen LogP contribution in [-0.4, -0.2) is 56.0 Å². The average molecular weight is 370 g/mol. The number of hydrogen-bond acceptors (Lipinski definition) is 6. The van der Waals surface area contributed by atoms with Crippen molar-refractivity contribution in [3.05, 3.63) is 53.6 Å². The van der Waals surface area contributed by atoms with Crippen LogP contribution in [0.5, 0.6) is 0 Å². The van der Waals surface area contributed by atoms with Gasteiger partial charge in [0.05, 0.1) is 18.3 Å². The first-order valence-corrected chi connectivity index (χ1v) is 8.79. The van der Waals surface area contributed by atoms with Crippen molar-refractivity contribution in [3.63, 3.8) is 0 Å². The van der Waals surface area contributed by atoms with Gasteiger partial charge in [0.25, 0.3) is 0 Å². The fourth-order valence-electron chi connectivity index (χ4n) is 3.38. The first kappa shape index (κ1) is 19.2. The summed E-state index contributed by atoms with van der Waals surface area (Å²) in [5.41, 5.74) is 1.44. The second-order valence-corrected chi connectivity index (χ2v) is 6.26. The summed E-state index contributed by atoms with van der Waals surface area (Å²) in [5.74, 6) is -0.364. The molecule has 3 atom stereocenters. The number of aldehydes is 1. The van der Waals surface area contributed by atoms with Gasteiger partial charge in [0, 0.05) is 13.7 Å². The third-order valence-electron chi connectivity index (χ3n) is 4.65. The van der Waals surface area contributed by atoms with E-state index in [2.05, 4.69) is 0 Å². The minimum atomic E-state index is -0.364. The molecule has 2 aromatic carbocycles. The van der Waals surface area contributed by atoms with Crippen LogP contribution in [0, 0.1) is 0 Å². The van der Waals surface area contributed by atoms with Gasteiger partial charge in [-0.05, 0) is 47.0 Å². The number of ether oxygens (including phenoxy) is 3. The number of hydrogen-bond donors (Lipinski definition) is 1. The van der Waals surface area contributed by atoms with Crippen molar-refractivity contribution >= 4 is 29.1 Å². The van der Waals surface area contributed by atoms with Gasteiger partial charge in [0.15, 0.2) is 6.10 Å². The van der Waals surface area contributed by atoms with E-state index in [1.807, 2.05) is 30.3 Å². The van der Waals surface area contributed by atoms with Crippen LogP contribution in [0.25, 0.3) is 16.8 Å². The molecule has 2 aliphatic rings. The molecule has 4 rings (SSSR count). The van der Waals surface area contributed by atoms with Crippen molar-refractivity contribution < 1.29 is 28.9 Å². The van der Waals surface area contributed by atoms with Gasteiger partial charge in [-0.2, -0.15) is 0 Å². The molecule has 0 amide bonds. The van der Waals surface area contributed by atoms with Crippen LogP contribution in [0.2, 0.25) is 0 Å². The van der Waals surface area contributed by atoms with Crippen LogP contribution in [0.4, 0.5) is 0 Å². The molecular formula is C21H22O6. The summed E-state index contributed by atoms with van der Waals surface area (Å²) in [5, 5.41) is 8.93. The van der Waals surface area contributed by atoms with Crippen molar-refractivity contribution in [2.24, 2.45) is 0 Å². The normalized spacial score (nSPS) is 23.7. The minimum absolute atomic E-state index is 0.0484. The fraction of sp³-hybridized carbons (Fsp3) is 0.333. The molecule has 27 heavy (non-hydrogen) atoms. The molecule has 6 nitrogen and oxygen atoms in total. The minimum Gasteiger partial charge on any atom is -0.453 e. The molecule has 0 aromatic heterocycles. The van der Waals surface area contributed by atoms with E-state index in [1.165, 1.54) is 6.08 Å². The topological polar surface area (TPSA) is 82.1 Å². The summed E-state index contributed by atoms with van der Waals surface area (Å²) in [7, 11) is 1.00. The zero-order valence-electron chi connectivity index (χ0n) is 15.0. The molecule has 1 N–H and O–H groups in total. The van der Waals surface area contributed by atoms with Gasteiger partial charge >= 0.3 is 5.97 Å². The maximum absolute atomic E-state index is 12.5. The molecule has 2 saturated heterocycles. The molecular weight excluding hydrogens is 348 g/mol. The van der Waals surface area contributed by atoms with Crippen molar-refractivity contribution in [1.29, 1.82) is 0 Å². The summed E-state index contributed by atoms with van der Waals surface area (Å²) in [6.45, 7) is 1.04. The molecule has 2 fully saturated rings. The third kappa shape index (κ3) is 4.24. The Labute approximate surface area is 157 Å². The van der Waals surface area contributed by atoms with Crippen molar-refractivity contribution in [2.75, 3.05) is 20.3 Å². The number of carbonyl (C=O) groups excluding carboxylic acids is 2. The summed E-state index contributed by atoms with van der Waals surface area (Å²) in [6, 6.07) is 11.2. The molecule has 0 spiro atoms. The third-order valence-corrected chi connectivity index (χ3v) is 4.65. The Bertz CT molecular complexity index is 844. The van der Waals surface area contributed by atoms with Crippen LogP contribution in [0.3, 0.4) is 0 Å². The molecule has 0 saturated carbocycles. The Hall–Kier alpha value is -2.54. The summed E-state index contributed by atoms with van der Waals surface area (Å²) >= 11 is 0. The number of aliphatic hydroxyl groups is 1. The highest BCUT2D eigenvalue weighted by molar-refractivity contribution is 5.96. The fourth-order valence-corrected chi connectivity index (χ4v) is 3.38. The summed E-state index contributed by atoms with van der Waals surface area (Å²) in [6.07, 6.45) is 4.36. The van der Waals surface area contributed by atoms with E-state index in [9.17, 15) is 9.59 Å². The lowest BCUT2D eigenvalue weighted by molar-refractivity contribution is -0.104. The van der Waals surface area contributed by atoms with Gasteiger partial charge in [-0.25, -0.2) is 4.79 Å². The first-order valence-electron chi connectivity index (χ1n) is 8.79. The predicted molar refractivity (Wildman–Crippen MR) is 100 cm³/mol. The lowest BCUT2D eigenvalue weighted by Crippen LogP contribution is -2.32. The number of benzene rings is 2. The number of esters is 1. The van der Waals surface area contributed by atoms with Gasteiger partial charge in [0.2, 0.25) is 0 Å². The number of aliphatic hydroxyl groups excluding tert-OH is 1. The smallest absolute Gasteiger partial charge is 0.338 e. The molecule has 0 radical (unpaired) electrons. The summed E-state index contributed by atoms with van der Waals surface area (Å²) < 4.78 is 16.8. The van der Waals surface area contributed by atoms with E-state index in [0.717, 1.165) is 36.2 Å². The Morgan fingerprint density at radius 3 is 2.74 bits per heavy atom. The van der Waals surface area contributed by atoms with Crippen LogP contribution in [0.15, 0.2) is 42.5 Å². The van der Waals surface area contributed by atoms with Gasteiger partial charge < -0.3 is 19.3 Å². The molecule has 2 heterocycles. The molecule has 0 aliphatic carbocycles. The maximum Gasteiger partial charge on any atom is 0.338 e. The number of carbonyl (C=O) groups is 2. The van der Waals surface area contributed by atoms with E-state index >= 15 is 0 Å².